The van der Waals surface area contributed by atoms with Crippen LogP contribution in [0.25, 0.3) is 6.08 Å². The molecule has 3 N–H and O–H groups in total. The van der Waals surface area contributed by atoms with Gasteiger partial charge in [0.25, 0.3) is 5.91 Å². The lowest BCUT2D eigenvalue weighted by molar-refractivity contribution is -0.152. The number of ether oxygens (including phenoxy) is 2. The fourth-order valence-corrected chi connectivity index (χ4v) is 5.28. The monoisotopic (exact) mass is 626 g/mol. The Hall–Kier alpha value is -4.96. The Morgan fingerprint density at radius 3 is 2.13 bits per heavy atom. The summed E-state index contributed by atoms with van der Waals surface area (Å²) in [5, 5.41) is 8.48. The molecule has 2 bridgehead atoms. The molecule has 0 fully saturated rings. The lowest BCUT2D eigenvalue weighted by Crippen LogP contribution is -2.62. The van der Waals surface area contributed by atoms with Crippen LogP contribution in [-0.2, 0) is 30.3 Å². The third-order valence-electron chi connectivity index (χ3n) is 7.72. The van der Waals surface area contributed by atoms with Gasteiger partial charge in [-0.3, -0.25) is 24.1 Å². The number of rotatable bonds is 9. The molecule has 0 saturated heterocycles. The summed E-state index contributed by atoms with van der Waals surface area (Å²) in [6.45, 7) is 5.02. The van der Waals surface area contributed by atoms with Crippen molar-refractivity contribution < 1.29 is 28.7 Å². The van der Waals surface area contributed by atoms with Gasteiger partial charge in [-0.05, 0) is 61.3 Å². The van der Waals surface area contributed by atoms with Crippen molar-refractivity contribution in [2.24, 2.45) is 5.92 Å². The summed E-state index contributed by atoms with van der Waals surface area (Å²) in [6, 6.07) is 22.3. The Morgan fingerprint density at radius 1 is 0.913 bits per heavy atom. The minimum absolute atomic E-state index is 0.249. The van der Waals surface area contributed by atoms with Gasteiger partial charge in [-0.2, -0.15) is 0 Å². The number of carbonyl (C=O) groups is 4. The van der Waals surface area contributed by atoms with Crippen molar-refractivity contribution in [3.63, 3.8) is 0 Å². The Bertz CT molecular complexity index is 1510. The molecule has 10 heteroatoms. The number of hydrogen-bond acceptors (Lipinski definition) is 7. The smallest absolute Gasteiger partial charge is 0.303 e. The molecular formula is C36H42N4O6. The van der Waals surface area contributed by atoms with E-state index in [-0.39, 0.29) is 11.8 Å². The van der Waals surface area contributed by atoms with Crippen molar-refractivity contribution in [3.05, 3.63) is 108 Å². The molecule has 2 heterocycles. The van der Waals surface area contributed by atoms with E-state index in [1.54, 1.807) is 67.5 Å². The standard InChI is InChI=1S/C36H42N4O6/c1-23(2)32-30(38-34(42)29(40(4)5)22-26-12-8-6-9-13-26)36(44)39-31(33(45-24(3)41)27-14-10-7-11-15-27)35(43)37-21-20-25-16-18-28(46-32)19-17-25/h6-21,23,29-33H,22H2,1-5H3,(H,37,43)(H,38,42)(H,39,44)/b21-20-/t29-,30+,31+,32+,33-/m0/s1. The van der Waals surface area contributed by atoms with Crippen molar-refractivity contribution in [2.45, 2.75) is 57.5 Å². The van der Waals surface area contributed by atoms with E-state index in [1.807, 2.05) is 56.3 Å². The van der Waals surface area contributed by atoms with Gasteiger partial charge in [-0.25, -0.2) is 0 Å². The van der Waals surface area contributed by atoms with Crippen LogP contribution in [0.1, 0.15) is 43.6 Å². The van der Waals surface area contributed by atoms with E-state index in [0.29, 0.717) is 17.7 Å². The normalized spacial score (nSPS) is 20.5. The molecule has 0 radical (unpaired) electrons. The number of carbonyl (C=O) groups excluding carboxylic acids is 4. The molecule has 10 nitrogen and oxygen atoms in total. The minimum atomic E-state index is -1.35. The van der Waals surface area contributed by atoms with E-state index in [4.69, 9.17) is 9.47 Å². The molecule has 5 rings (SSSR count). The van der Waals surface area contributed by atoms with Crippen molar-refractivity contribution in [3.8, 4) is 5.75 Å². The third kappa shape index (κ3) is 9.04. The van der Waals surface area contributed by atoms with Gasteiger partial charge in [0.2, 0.25) is 11.8 Å². The SMILES string of the molecule is CC(=O)O[C@@H](c1ccccc1)[C@H]1NC(=O)[C@H](NC(=O)[C@H](Cc2ccccc2)N(C)C)[C@@H](C(C)C)Oc2ccc(cc2)/C=C\NC1=O. The molecule has 46 heavy (non-hydrogen) atoms. The van der Waals surface area contributed by atoms with Gasteiger partial charge in [0, 0.05) is 13.1 Å². The lowest BCUT2D eigenvalue weighted by atomic mass is 9.95. The molecule has 0 unspecified atom stereocenters. The Balaban J connectivity index is 1.77. The minimum Gasteiger partial charge on any atom is -0.487 e. The average molecular weight is 627 g/mol. The second-order valence-electron chi connectivity index (χ2n) is 11.8. The fourth-order valence-electron chi connectivity index (χ4n) is 5.28. The average Bonchev–Trinajstić information content (AvgIpc) is 3.03. The van der Waals surface area contributed by atoms with E-state index in [0.717, 1.165) is 11.1 Å². The maximum absolute atomic E-state index is 14.4. The molecule has 0 spiro atoms. The molecular weight excluding hydrogens is 584 g/mol. The number of esters is 1. The van der Waals surface area contributed by atoms with Crippen LogP contribution in [0, 0.1) is 5.92 Å². The van der Waals surface area contributed by atoms with E-state index in [1.165, 1.54) is 13.1 Å². The fraction of sp³-hybridized carbons (Fsp3) is 0.333. The molecule has 2 aliphatic rings. The highest BCUT2D eigenvalue weighted by Gasteiger charge is 2.40. The summed E-state index contributed by atoms with van der Waals surface area (Å²) in [4.78, 5) is 56.1. The molecule has 0 saturated carbocycles. The van der Waals surface area contributed by atoms with Gasteiger partial charge in [0.15, 0.2) is 6.10 Å². The first-order valence-corrected chi connectivity index (χ1v) is 15.3. The highest BCUT2D eigenvalue weighted by molar-refractivity contribution is 5.94. The van der Waals surface area contributed by atoms with E-state index < -0.39 is 48.1 Å². The number of amides is 3. The van der Waals surface area contributed by atoms with Crippen LogP contribution >= 0.6 is 0 Å². The van der Waals surface area contributed by atoms with E-state index in [9.17, 15) is 19.2 Å². The molecule has 242 valence electrons. The van der Waals surface area contributed by atoms with Crippen molar-refractivity contribution >= 4 is 29.8 Å². The zero-order valence-corrected chi connectivity index (χ0v) is 26.8. The van der Waals surface area contributed by atoms with Gasteiger partial charge in [-0.1, -0.05) is 86.6 Å². The first kappa shape index (κ1) is 33.9. The summed E-state index contributed by atoms with van der Waals surface area (Å²) in [6.07, 6.45) is 1.57. The topological polar surface area (TPSA) is 126 Å². The second kappa shape index (κ2) is 15.9. The van der Waals surface area contributed by atoms with E-state index >= 15 is 0 Å². The zero-order chi connectivity index (χ0) is 33.2. The predicted octanol–water partition coefficient (Wildman–Crippen LogP) is 3.64. The maximum atomic E-state index is 14.4. The zero-order valence-electron chi connectivity index (χ0n) is 26.8. The number of hydrogen-bond donors (Lipinski definition) is 3. The largest absolute Gasteiger partial charge is 0.487 e. The summed E-state index contributed by atoms with van der Waals surface area (Å²) >= 11 is 0. The highest BCUT2D eigenvalue weighted by Crippen LogP contribution is 2.25. The van der Waals surface area contributed by atoms with E-state index in [2.05, 4.69) is 16.0 Å². The van der Waals surface area contributed by atoms with Gasteiger partial charge < -0.3 is 25.4 Å². The summed E-state index contributed by atoms with van der Waals surface area (Å²) in [5.74, 6) is -2.04. The van der Waals surface area contributed by atoms with Crippen LogP contribution in [0.4, 0.5) is 0 Å². The summed E-state index contributed by atoms with van der Waals surface area (Å²) in [5.41, 5.74) is 2.26. The third-order valence-corrected chi connectivity index (χ3v) is 7.72. The first-order chi connectivity index (χ1) is 22.0. The molecule has 2 aliphatic heterocycles. The number of likely N-dealkylation sites (N-methyl/N-ethyl adjacent to an activating group) is 1. The van der Waals surface area contributed by atoms with Crippen LogP contribution in [0.5, 0.6) is 5.75 Å². The Labute approximate surface area is 270 Å². The highest BCUT2D eigenvalue weighted by atomic mass is 16.5. The quantitative estimate of drug-likeness (QED) is 0.310. The maximum Gasteiger partial charge on any atom is 0.303 e. The number of nitrogens with one attached hydrogen (secondary N) is 3. The van der Waals surface area contributed by atoms with Crippen LogP contribution < -0.4 is 20.7 Å². The number of fused-ring (bicyclic) bond motifs is 10. The molecule has 5 atom stereocenters. The van der Waals surface area contributed by atoms with Crippen LogP contribution in [0.15, 0.2) is 91.1 Å². The summed E-state index contributed by atoms with van der Waals surface area (Å²) < 4.78 is 12.0. The van der Waals surface area contributed by atoms with Crippen LogP contribution in [0.2, 0.25) is 0 Å². The lowest BCUT2D eigenvalue weighted by Gasteiger charge is -2.34. The Kier molecular flexibility index (Phi) is 11.7. The predicted molar refractivity (Wildman–Crippen MR) is 175 cm³/mol. The van der Waals surface area contributed by atoms with Crippen molar-refractivity contribution in [1.29, 1.82) is 0 Å². The molecule has 0 aromatic heterocycles. The summed E-state index contributed by atoms with van der Waals surface area (Å²) in [7, 11) is 3.60. The second-order valence-corrected chi connectivity index (χ2v) is 11.8. The molecule has 3 amide bonds. The first-order valence-electron chi connectivity index (χ1n) is 15.3. The van der Waals surface area contributed by atoms with Crippen molar-refractivity contribution in [1.82, 2.24) is 20.9 Å². The molecule has 0 aliphatic carbocycles. The number of nitrogens with zero attached hydrogens (tertiary/aromatic N) is 1. The molecule has 3 aromatic carbocycles. The van der Waals surface area contributed by atoms with Crippen molar-refractivity contribution in [2.75, 3.05) is 14.1 Å². The van der Waals surface area contributed by atoms with Gasteiger partial charge in [0.05, 0.1) is 6.04 Å². The van der Waals surface area contributed by atoms with Gasteiger partial charge >= 0.3 is 5.97 Å². The molecule has 3 aromatic rings. The van der Waals surface area contributed by atoms with Gasteiger partial charge in [0.1, 0.15) is 23.9 Å². The van der Waals surface area contributed by atoms with Crippen LogP contribution in [-0.4, -0.2) is 66.9 Å². The van der Waals surface area contributed by atoms with Crippen LogP contribution in [0.3, 0.4) is 0 Å². The number of benzene rings is 3. The van der Waals surface area contributed by atoms with Gasteiger partial charge in [-0.15, -0.1) is 0 Å². The Morgan fingerprint density at radius 2 is 1.54 bits per heavy atom.